The smallest absolute Gasteiger partial charge is 0.399 e. The van der Waals surface area contributed by atoms with Crippen LogP contribution < -0.4 is 10.8 Å². The second-order valence-corrected chi connectivity index (χ2v) is 8.32. The molecule has 0 spiro atoms. The molecule has 1 aromatic carbocycles. The van der Waals surface area contributed by atoms with Crippen LogP contribution >= 0.6 is 0 Å². The van der Waals surface area contributed by atoms with E-state index in [2.05, 4.69) is 20.4 Å². The van der Waals surface area contributed by atoms with E-state index in [9.17, 15) is 13.2 Å². The molecule has 4 rings (SSSR count). The van der Waals surface area contributed by atoms with E-state index >= 15 is 0 Å². The number of nitrogens with zero attached hydrogens (tertiary/aromatic N) is 4. The molecule has 3 aromatic rings. The molecule has 0 saturated carbocycles. The van der Waals surface area contributed by atoms with Crippen molar-refractivity contribution >= 4 is 24.2 Å². The number of aryl methyl sites for hydroxylation is 1. The van der Waals surface area contributed by atoms with E-state index in [1.807, 2.05) is 0 Å². The number of rotatable bonds is 4. The van der Waals surface area contributed by atoms with Gasteiger partial charge in [-0.2, -0.15) is 9.37 Å². The van der Waals surface area contributed by atoms with Crippen molar-refractivity contribution in [3.8, 4) is 11.4 Å². The van der Waals surface area contributed by atoms with Crippen LogP contribution in [0.1, 0.15) is 27.7 Å². The summed E-state index contributed by atoms with van der Waals surface area (Å²) in [5.41, 5.74) is -1.11. The first-order valence-corrected chi connectivity index (χ1v) is 9.61. The van der Waals surface area contributed by atoms with Gasteiger partial charge in [0.15, 0.2) is 5.82 Å². The third-order valence-electron chi connectivity index (χ3n) is 5.57. The zero-order valence-corrected chi connectivity index (χ0v) is 17.7. The van der Waals surface area contributed by atoms with Gasteiger partial charge in [0.1, 0.15) is 11.6 Å². The van der Waals surface area contributed by atoms with Crippen LogP contribution in [0.25, 0.3) is 11.4 Å². The molecule has 0 radical (unpaired) electrons. The van der Waals surface area contributed by atoms with E-state index in [4.69, 9.17) is 9.31 Å². The van der Waals surface area contributed by atoms with Crippen molar-refractivity contribution in [2.45, 2.75) is 38.9 Å². The lowest BCUT2D eigenvalue weighted by Gasteiger charge is -2.32. The molecular formula is C20H21BF3N5O2. The molecule has 31 heavy (non-hydrogen) atoms. The highest BCUT2D eigenvalue weighted by molar-refractivity contribution is 6.62. The van der Waals surface area contributed by atoms with Gasteiger partial charge in [0, 0.05) is 24.5 Å². The first-order chi connectivity index (χ1) is 14.5. The van der Waals surface area contributed by atoms with Gasteiger partial charge in [0.2, 0.25) is 11.9 Å². The van der Waals surface area contributed by atoms with Crippen molar-refractivity contribution in [1.29, 1.82) is 0 Å². The summed E-state index contributed by atoms with van der Waals surface area (Å²) in [7, 11) is 0.452. The van der Waals surface area contributed by atoms with Gasteiger partial charge in [-0.3, -0.25) is 0 Å². The minimum absolute atomic E-state index is 0.134. The van der Waals surface area contributed by atoms with E-state index in [-0.39, 0.29) is 22.9 Å². The number of benzene rings is 1. The molecule has 11 heteroatoms. The molecular weight excluding hydrogens is 410 g/mol. The maximum Gasteiger partial charge on any atom is 0.500 e. The highest BCUT2D eigenvalue weighted by Crippen LogP contribution is 2.37. The maximum atomic E-state index is 14.9. The minimum Gasteiger partial charge on any atom is -0.399 e. The predicted octanol–water partition coefficient (Wildman–Crippen LogP) is 3.34. The summed E-state index contributed by atoms with van der Waals surface area (Å²) in [6.45, 7) is 7.23. The Labute approximate surface area is 177 Å². The maximum absolute atomic E-state index is 14.9. The fourth-order valence-electron chi connectivity index (χ4n) is 3.10. The Hall–Kier alpha value is -2.92. The van der Waals surface area contributed by atoms with Gasteiger partial charge in [-0.15, -0.1) is 5.10 Å². The van der Waals surface area contributed by atoms with Crippen molar-refractivity contribution in [1.82, 2.24) is 19.7 Å². The molecule has 3 heterocycles. The van der Waals surface area contributed by atoms with Crippen LogP contribution in [0.15, 0.2) is 30.5 Å². The van der Waals surface area contributed by atoms with Gasteiger partial charge in [0.05, 0.1) is 16.7 Å². The molecule has 1 saturated heterocycles. The minimum atomic E-state index is -1.16. The average Bonchev–Trinajstić information content (AvgIpc) is 3.11. The van der Waals surface area contributed by atoms with Gasteiger partial charge in [-0.25, -0.2) is 18.4 Å². The van der Waals surface area contributed by atoms with E-state index in [0.717, 1.165) is 12.1 Å². The number of hydrogen-bond acceptors (Lipinski definition) is 6. The lowest BCUT2D eigenvalue weighted by molar-refractivity contribution is 0.00578. The normalized spacial score (nSPS) is 17.2. The van der Waals surface area contributed by atoms with Gasteiger partial charge < -0.3 is 14.6 Å². The molecule has 1 fully saturated rings. The number of pyridine rings is 1. The van der Waals surface area contributed by atoms with E-state index in [1.54, 1.807) is 34.7 Å². The summed E-state index contributed by atoms with van der Waals surface area (Å²) in [6, 6.07) is 4.95. The Morgan fingerprint density at radius 2 is 1.61 bits per heavy atom. The van der Waals surface area contributed by atoms with Crippen LogP contribution in [0.5, 0.6) is 0 Å². The van der Waals surface area contributed by atoms with Crippen LogP contribution in [-0.4, -0.2) is 38.1 Å². The lowest BCUT2D eigenvalue weighted by Crippen LogP contribution is -2.41. The quantitative estimate of drug-likeness (QED) is 0.505. The lowest BCUT2D eigenvalue weighted by atomic mass is 9.78. The summed E-state index contributed by atoms with van der Waals surface area (Å²) in [5, 5.41) is 7.06. The molecule has 0 bridgehead atoms. The number of anilines is 2. The molecule has 0 aliphatic carbocycles. The topological polar surface area (TPSA) is 74.1 Å². The third kappa shape index (κ3) is 3.90. The number of halogens is 3. The molecule has 1 N–H and O–H groups in total. The van der Waals surface area contributed by atoms with Crippen LogP contribution in [0.4, 0.5) is 24.8 Å². The number of hydrogen-bond donors (Lipinski definition) is 1. The fraction of sp³-hybridized carbons (Fsp3) is 0.350. The Bertz CT molecular complexity index is 1100. The highest BCUT2D eigenvalue weighted by Gasteiger charge is 2.53. The van der Waals surface area contributed by atoms with Gasteiger partial charge in [-0.1, -0.05) is 0 Å². The van der Waals surface area contributed by atoms with Crippen LogP contribution in [0.3, 0.4) is 0 Å². The van der Waals surface area contributed by atoms with Gasteiger partial charge in [0.25, 0.3) is 0 Å². The Kier molecular flexibility index (Phi) is 5.05. The number of aromatic nitrogens is 4. The first kappa shape index (κ1) is 21.3. The zero-order chi connectivity index (χ0) is 22.6. The van der Waals surface area contributed by atoms with E-state index < -0.39 is 35.9 Å². The van der Waals surface area contributed by atoms with Crippen LogP contribution in [0.2, 0.25) is 0 Å². The molecule has 2 aromatic heterocycles. The standard InChI is InChI=1S/C20H21BF3N5O2/c1-19(2)20(3,4)31-21(30-19)16-13(22)8-12(9-14(16)23)26-18-27-17(28-29(18)5)11-6-7-15(24)25-10-11/h6-10H,1-5H3,(H,26,27,28). The molecule has 162 valence electrons. The average molecular weight is 431 g/mol. The molecule has 0 unspecified atom stereocenters. The first-order valence-electron chi connectivity index (χ1n) is 9.61. The van der Waals surface area contributed by atoms with Gasteiger partial charge >= 0.3 is 7.12 Å². The second-order valence-electron chi connectivity index (χ2n) is 8.32. The van der Waals surface area contributed by atoms with Crippen molar-refractivity contribution in [2.24, 2.45) is 7.05 Å². The Morgan fingerprint density at radius 1 is 1.00 bits per heavy atom. The van der Waals surface area contributed by atoms with Crippen molar-refractivity contribution < 1.29 is 22.5 Å². The molecule has 7 nitrogen and oxygen atoms in total. The van der Waals surface area contributed by atoms with Crippen LogP contribution in [0, 0.1) is 17.6 Å². The Morgan fingerprint density at radius 3 is 2.16 bits per heavy atom. The third-order valence-corrected chi connectivity index (χ3v) is 5.57. The summed E-state index contributed by atoms with van der Waals surface area (Å²) in [6.07, 6.45) is 1.30. The Balaban J connectivity index is 1.59. The monoisotopic (exact) mass is 431 g/mol. The predicted molar refractivity (Wildman–Crippen MR) is 110 cm³/mol. The number of nitrogens with one attached hydrogen (secondary N) is 1. The summed E-state index contributed by atoms with van der Waals surface area (Å²) >= 11 is 0. The summed E-state index contributed by atoms with van der Waals surface area (Å²) < 4.78 is 55.7. The largest absolute Gasteiger partial charge is 0.500 e. The molecule has 0 atom stereocenters. The highest BCUT2D eigenvalue weighted by atomic mass is 19.1. The fourth-order valence-corrected chi connectivity index (χ4v) is 3.10. The molecule has 0 amide bonds. The van der Waals surface area contributed by atoms with Gasteiger partial charge in [-0.05, 0) is 52.0 Å². The van der Waals surface area contributed by atoms with Crippen molar-refractivity contribution in [3.63, 3.8) is 0 Å². The second kappa shape index (κ2) is 7.35. The summed E-state index contributed by atoms with van der Waals surface area (Å²) in [5.74, 6) is -1.72. The van der Waals surface area contributed by atoms with E-state index in [1.165, 1.54) is 23.0 Å². The molecule has 1 aliphatic rings. The zero-order valence-electron chi connectivity index (χ0n) is 17.7. The molecule has 1 aliphatic heterocycles. The van der Waals surface area contributed by atoms with E-state index in [0.29, 0.717) is 5.56 Å². The SMILES string of the molecule is Cn1nc(-c2ccc(F)nc2)nc1Nc1cc(F)c(B2OC(C)(C)C(C)(C)O2)c(F)c1. The van der Waals surface area contributed by atoms with Crippen LogP contribution in [-0.2, 0) is 16.4 Å². The van der Waals surface area contributed by atoms with Crippen molar-refractivity contribution in [3.05, 3.63) is 48.0 Å². The summed E-state index contributed by atoms with van der Waals surface area (Å²) in [4.78, 5) is 7.86. The van der Waals surface area contributed by atoms with Crippen molar-refractivity contribution in [2.75, 3.05) is 5.32 Å².